The average molecular weight is 289 g/mol. The van der Waals surface area contributed by atoms with Crippen molar-refractivity contribution in [2.45, 2.75) is 26.2 Å². The fourth-order valence-electron chi connectivity index (χ4n) is 1.95. The fourth-order valence-corrected chi connectivity index (χ4v) is 1.95. The van der Waals surface area contributed by atoms with Gasteiger partial charge in [0.1, 0.15) is 0 Å². The van der Waals surface area contributed by atoms with Gasteiger partial charge in [0.15, 0.2) is 5.69 Å². The molecule has 1 N–H and O–H groups in total. The molecule has 7 nitrogen and oxygen atoms in total. The van der Waals surface area contributed by atoms with Crippen molar-refractivity contribution < 1.29 is 14.8 Å². The van der Waals surface area contributed by atoms with E-state index in [9.17, 15) is 14.9 Å². The molecule has 0 saturated carbocycles. The van der Waals surface area contributed by atoms with Gasteiger partial charge < -0.3 is 5.11 Å². The van der Waals surface area contributed by atoms with Crippen molar-refractivity contribution in [2.24, 2.45) is 0 Å². The minimum atomic E-state index is -1.13. The second-order valence-electron chi connectivity index (χ2n) is 5.66. The van der Waals surface area contributed by atoms with Crippen molar-refractivity contribution in [2.75, 3.05) is 0 Å². The minimum Gasteiger partial charge on any atom is -0.476 e. The first-order valence-electron chi connectivity index (χ1n) is 6.29. The standard InChI is InChI=1S/C14H15N3O4/c1-14(2,3)12-8-11(13(18)19)15-16(12)9-5-4-6-10(7-9)17(20)21/h4-8H,1-3H3,(H,18,19). The fraction of sp³-hybridized carbons (Fsp3) is 0.286. The molecule has 0 amide bonds. The molecule has 0 aliphatic rings. The summed E-state index contributed by atoms with van der Waals surface area (Å²) in [5, 5.41) is 24.0. The lowest BCUT2D eigenvalue weighted by atomic mass is 9.91. The number of nitro groups is 1. The molecule has 1 aromatic heterocycles. The summed E-state index contributed by atoms with van der Waals surface area (Å²) in [5.74, 6) is -1.13. The minimum absolute atomic E-state index is 0.0697. The van der Waals surface area contributed by atoms with Crippen LogP contribution in [0, 0.1) is 10.1 Å². The van der Waals surface area contributed by atoms with Crippen LogP contribution in [0.2, 0.25) is 0 Å². The summed E-state index contributed by atoms with van der Waals surface area (Å²) in [6, 6.07) is 7.43. The van der Waals surface area contributed by atoms with Crippen LogP contribution >= 0.6 is 0 Å². The highest BCUT2D eigenvalue weighted by atomic mass is 16.6. The van der Waals surface area contributed by atoms with Crippen LogP contribution in [0.15, 0.2) is 30.3 Å². The predicted molar refractivity (Wildman–Crippen MR) is 75.9 cm³/mol. The average Bonchev–Trinajstić information content (AvgIpc) is 2.84. The monoisotopic (exact) mass is 289 g/mol. The Kier molecular flexibility index (Phi) is 3.51. The number of rotatable bonds is 3. The number of aromatic nitrogens is 2. The third-order valence-corrected chi connectivity index (χ3v) is 2.98. The molecular formula is C14H15N3O4. The van der Waals surface area contributed by atoms with E-state index in [-0.39, 0.29) is 16.8 Å². The lowest BCUT2D eigenvalue weighted by molar-refractivity contribution is -0.384. The second-order valence-corrected chi connectivity index (χ2v) is 5.66. The summed E-state index contributed by atoms with van der Waals surface area (Å²) >= 11 is 0. The molecular weight excluding hydrogens is 274 g/mol. The zero-order valence-electron chi connectivity index (χ0n) is 11.9. The number of non-ortho nitro benzene ring substituents is 1. The zero-order valence-corrected chi connectivity index (χ0v) is 11.9. The first-order chi connectivity index (χ1) is 9.70. The van der Waals surface area contributed by atoms with Crippen LogP contribution in [0.5, 0.6) is 0 Å². The molecule has 0 atom stereocenters. The molecule has 1 heterocycles. The molecule has 0 aliphatic heterocycles. The van der Waals surface area contributed by atoms with Crippen molar-refractivity contribution in [1.82, 2.24) is 9.78 Å². The van der Waals surface area contributed by atoms with Crippen molar-refractivity contribution in [3.8, 4) is 5.69 Å². The maximum absolute atomic E-state index is 11.1. The van der Waals surface area contributed by atoms with Gasteiger partial charge in [0.25, 0.3) is 5.69 Å². The van der Waals surface area contributed by atoms with E-state index in [1.807, 2.05) is 20.8 Å². The Morgan fingerprint density at radius 1 is 1.33 bits per heavy atom. The number of carbonyl (C=O) groups is 1. The Labute approximate surface area is 121 Å². The van der Waals surface area contributed by atoms with Crippen molar-refractivity contribution in [1.29, 1.82) is 0 Å². The third kappa shape index (κ3) is 2.91. The molecule has 7 heteroatoms. The van der Waals surface area contributed by atoms with Gasteiger partial charge in [-0.1, -0.05) is 26.8 Å². The van der Waals surface area contributed by atoms with Crippen molar-refractivity contribution in [3.63, 3.8) is 0 Å². The van der Waals surface area contributed by atoms with Gasteiger partial charge in [0, 0.05) is 17.5 Å². The van der Waals surface area contributed by atoms with E-state index in [2.05, 4.69) is 5.10 Å². The van der Waals surface area contributed by atoms with Crippen LogP contribution in [0.1, 0.15) is 37.0 Å². The third-order valence-electron chi connectivity index (χ3n) is 2.98. The van der Waals surface area contributed by atoms with Crippen LogP contribution in [0.25, 0.3) is 5.69 Å². The number of carboxylic acid groups (broad SMARTS) is 1. The van der Waals surface area contributed by atoms with Crippen LogP contribution in [0.3, 0.4) is 0 Å². The van der Waals surface area contributed by atoms with Gasteiger partial charge in [-0.2, -0.15) is 5.10 Å². The molecule has 0 bridgehead atoms. The van der Waals surface area contributed by atoms with E-state index in [1.54, 1.807) is 12.1 Å². The molecule has 0 saturated heterocycles. The van der Waals surface area contributed by atoms with Crippen LogP contribution < -0.4 is 0 Å². The number of aromatic carboxylic acids is 1. The van der Waals surface area contributed by atoms with E-state index in [0.717, 1.165) is 0 Å². The quantitative estimate of drug-likeness (QED) is 0.692. The largest absolute Gasteiger partial charge is 0.476 e. The number of benzene rings is 1. The second kappa shape index (κ2) is 5.01. The Balaban J connectivity index is 2.65. The van der Waals surface area contributed by atoms with E-state index in [0.29, 0.717) is 11.4 Å². The van der Waals surface area contributed by atoms with Crippen molar-refractivity contribution in [3.05, 3.63) is 51.8 Å². The van der Waals surface area contributed by atoms with Crippen LogP contribution in [-0.2, 0) is 5.41 Å². The van der Waals surface area contributed by atoms with Gasteiger partial charge in [-0.05, 0) is 12.1 Å². The summed E-state index contributed by atoms with van der Waals surface area (Å²) in [7, 11) is 0. The number of hydrogen-bond donors (Lipinski definition) is 1. The normalized spacial score (nSPS) is 11.4. The van der Waals surface area contributed by atoms with Gasteiger partial charge in [0.2, 0.25) is 0 Å². The molecule has 0 radical (unpaired) electrons. The van der Waals surface area contributed by atoms with Crippen LogP contribution in [-0.4, -0.2) is 25.8 Å². The maximum atomic E-state index is 11.1. The lowest BCUT2D eigenvalue weighted by Gasteiger charge is -2.20. The topological polar surface area (TPSA) is 98.3 Å². The molecule has 1 aromatic carbocycles. The summed E-state index contributed by atoms with van der Waals surface area (Å²) in [4.78, 5) is 21.5. The highest BCUT2D eigenvalue weighted by Crippen LogP contribution is 2.27. The molecule has 2 aromatic rings. The van der Waals surface area contributed by atoms with E-state index in [1.165, 1.54) is 22.9 Å². The smallest absolute Gasteiger partial charge is 0.356 e. The van der Waals surface area contributed by atoms with E-state index >= 15 is 0 Å². The van der Waals surface area contributed by atoms with E-state index in [4.69, 9.17) is 5.11 Å². The zero-order chi connectivity index (χ0) is 15.8. The SMILES string of the molecule is CC(C)(C)c1cc(C(=O)O)nn1-c1cccc([N+](=O)[O-])c1. The maximum Gasteiger partial charge on any atom is 0.356 e. The molecule has 0 fully saturated rings. The first kappa shape index (κ1) is 14.7. The summed E-state index contributed by atoms with van der Waals surface area (Å²) < 4.78 is 1.44. The Morgan fingerprint density at radius 3 is 2.52 bits per heavy atom. The van der Waals surface area contributed by atoms with Gasteiger partial charge >= 0.3 is 5.97 Å². The number of carboxylic acids is 1. The summed E-state index contributed by atoms with van der Waals surface area (Å²) in [5.41, 5.74) is 0.610. The van der Waals surface area contributed by atoms with Gasteiger partial charge in [-0.3, -0.25) is 10.1 Å². The highest BCUT2D eigenvalue weighted by molar-refractivity contribution is 5.85. The molecule has 110 valence electrons. The summed E-state index contributed by atoms with van der Waals surface area (Å²) in [6.07, 6.45) is 0. The number of hydrogen-bond acceptors (Lipinski definition) is 4. The lowest BCUT2D eigenvalue weighted by Crippen LogP contribution is -2.17. The van der Waals surface area contributed by atoms with Gasteiger partial charge in [-0.15, -0.1) is 0 Å². The predicted octanol–water partition coefficient (Wildman–Crippen LogP) is 2.78. The van der Waals surface area contributed by atoms with E-state index < -0.39 is 10.9 Å². The number of nitro benzene ring substituents is 1. The summed E-state index contributed by atoms with van der Waals surface area (Å²) in [6.45, 7) is 5.76. The Morgan fingerprint density at radius 2 is 2.00 bits per heavy atom. The Bertz CT molecular complexity index is 713. The van der Waals surface area contributed by atoms with Crippen molar-refractivity contribution >= 4 is 11.7 Å². The molecule has 0 aliphatic carbocycles. The molecule has 0 unspecified atom stereocenters. The molecule has 21 heavy (non-hydrogen) atoms. The number of nitrogens with zero attached hydrogens (tertiary/aromatic N) is 3. The molecule has 0 spiro atoms. The van der Waals surface area contributed by atoms with Gasteiger partial charge in [0.05, 0.1) is 16.3 Å². The molecule has 2 rings (SSSR count). The van der Waals surface area contributed by atoms with Gasteiger partial charge in [-0.25, -0.2) is 9.48 Å². The first-order valence-corrected chi connectivity index (χ1v) is 6.29. The van der Waals surface area contributed by atoms with Crippen LogP contribution in [0.4, 0.5) is 5.69 Å². The Hall–Kier alpha value is -2.70. The highest BCUT2D eigenvalue weighted by Gasteiger charge is 2.24.